The van der Waals surface area contributed by atoms with Gasteiger partial charge in [-0.25, -0.2) is 0 Å². The third-order valence-electron chi connectivity index (χ3n) is 1.72. The third kappa shape index (κ3) is 6.82. The molecule has 0 heterocycles. The van der Waals surface area contributed by atoms with Crippen molar-refractivity contribution in [2.75, 3.05) is 26.2 Å². The first-order valence-electron chi connectivity index (χ1n) is 4.82. The Labute approximate surface area is 84.5 Å². The lowest BCUT2D eigenvalue weighted by molar-refractivity contribution is -0.121. The Kier molecular flexibility index (Phi) is 6.44. The van der Waals surface area contributed by atoms with Crippen LogP contribution in [0, 0.1) is 0 Å². The van der Waals surface area contributed by atoms with Gasteiger partial charge >= 0.3 is 0 Å². The Morgan fingerprint density at radius 1 is 1.50 bits per heavy atom. The van der Waals surface area contributed by atoms with E-state index < -0.39 is 5.60 Å². The Balaban J connectivity index is 3.53. The second-order valence-electron chi connectivity index (χ2n) is 3.61. The fourth-order valence-electron chi connectivity index (χ4n) is 0.786. The molecule has 1 unspecified atom stereocenters. The van der Waals surface area contributed by atoms with E-state index in [2.05, 4.69) is 10.6 Å². The zero-order valence-electron chi connectivity index (χ0n) is 8.84. The van der Waals surface area contributed by atoms with Gasteiger partial charge in [-0.05, 0) is 19.9 Å². The van der Waals surface area contributed by atoms with Gasteiger partial charge < -0.3 is 20.8 Å². The maximum atomic E-state index is 11.1. The van der Waals surface area contributed by atoms with Crippen LogP contribution in [0.3, 0.4) is 0 Å². The van der Waals surface area contributed by atoms with E-state index in [4.69, 9.17) is 5.11 Å². The molecule has 0 saturated carbocycles. The number of aliphatic hydroxyl groups is 2. The summed E-state index contributed by atoms with van der Waals surface area (Å²) in [5.74, 6) is -0.174. The quantitative estimate of drug-likeness (QED) is 0.395. The van der Waals surface area contributed by atoms with Crippen LogP contribution in [0.25, 0.3) is 0 Å². The van der Waals surface area contributed by atoms with Crippen LogP contribution in [0.4, 0.5) is 0 Å². The van der Waals surface area contributed by atoms with E-state index in [1.54, 1.807) is 0 Å². The molecule has 14 heavy (non-hydrogen) atoms. The number of rotatable bonds is 7. The first kappa shape index (κ1) is 13.4. The number of hydrogen-bond donors (Lipinski definition) is 4. The van der Waals surface area contributed by atoms with Gasteiger partial charge in [0.05, 0.1) is 13.2 Å². The molecule has 0 saturated heterocycles. The highest BCUT2D eigenvalue weighted by Gasteiger charge is 2.19. The van der Waals surface area contributed by atoms with Crippen molar-refractivity contribution in [1.82, 2.24) is 10.6 Å². The Morgan fingerprint density at radius 3 is 2.64 bits per heavy atom. The van der Waals surface area contributed by atoms with Gasteiger partial charge in [0, 0.05) is 6.54 Å². The molecule has 84 valence electrons. The maximum absolute atomic E-state index is 11.1. The average molecular weight is 204 g/mol. The van der Waals surface area contributed by atoms with Crippen LogP contribution in [0.2, 0.25) is 0 Å². The molecule has 0 aromatic carbocycles. The molecule has 0 aliphatic heterocycles. The molecule has 5 nitrogen and oxygen atoms in total. The zero-order chi connectivity index (χ0) is 11.0. The van der Waals surface area contributed by atoms with Crippen molar-refractivity contribution in [1.29, 1.82) is 0 Å². The number of nitrogens with one attached hydrogen (secondary N) is 2. The second-order valence-corrected chi connectivity index (χ2v) is 3.61. The SMILES string of the molecule is CCCNCC(=O)NCC(C)(O)CO. The average Bonchev–Trinajstić information content (AvgIpc) is 2.16. The molecule has 0 aromatic rings. The van der Waals surface area contributed by atoms with Crippen LogP contribution in [0.5, 0.6) is 0 Å². The van der Waals surface area contributed by atoms with Crippen LogP contribution in [0.15, 0.2) is 0 Å². The van der Waals surface area contributed by atoms with Gasteiger partial charge in [0.2, 0.25) is 5.91 Å². The number of carbonyl (C=O) groups is 1. The molecule has 1 atom stereocenters. The molecule has 1 amide bonds. The van der Waals surface area contributed by atoms with E-state index in [1.807, 2.05) is 6.92 Å². The minimum atomic E-state index is -1.24. The molecule has 0 aliphatic carbocycles. The van der Waals surface area contributed by atoms with E-state index in [0.29, 0.717) is 0 Å². The molecule has 0 radical (unpaired) electrons. The van der Waals surface area contributed by atoms with Crippen molar-refractivity contribution in [3.8, 4) is 0 Å². The molecule has 5 heteroatoms. The van der Waals surface area contributed by atoms with Crippen LogP contribution in [-0.4, -0.2) is 48.0 Å². The monoisotopic (exact) mass is 204 g/mol. The van der Waals surface area contributed by atoms with Gasteiger partial charge in [-0.2, -0.15) is 0 Å². The van der Waals surface area contributed by atoms with Crippen molar-refractivity contribution < 1.29 is 15.0 Å². The minimum absolute atomic E-state index is 0.0656. The zero-order valence-corrected chi connectivity index (χ0v) is 8.84. The van der Waals surface area contributed by atoms with Gasteiger partial charge in [-0.15, -0.1) is 0 Å². The van der Waals surface area contributed by atoms with Gasteiger partial charge in [0.1, 0.15) is 5.60 Å². The molecule has 0 aliphatic rings. The molecule has 0 rings (SSSR count). The van der Waals surface area contributed by atoms with Crippen molar-refractivity contribution in [2.24, 2.45) is 0 Å². The largest absolute Gasteiger partial charge is 0.393 e. The highest BCUT2D eigenvalue weighted by molar-refractivity contribution is 5.78. The molecule has 0 fully saturated rings. The van der Waals surface area contributed by atoms with Crippen molar-refractivity contribution in [3.05, 3.63) is 0 Å². The van der Waals surface area contributed by atoms with Crippen molar-refractivity contribution in [2.45, 2.75) is 25.9 Å². The van der Waals surface area contributed by atoms with Crippen LogP contribution < -0.4 is 10.6 Å². The fourth-order valence-corrected chi connectivity index (χ4v) is 0.786. The summed E-state index contributed by atoms with van der Waals surface area (Å²) in [5.41, 5.74) is -1.24. The summed E-state index contributed by atoms with van der Waals surface area (Å²) in [7, 11) is 0. The Bertz CT molecular complexity index is 171. The summed E-state index contributed by atoms with van der Waals surface area (Å²) in [4.78, 5) is 11.1. The fraction of sp³-hybridized carbons (Fsp3) is 0.889. The van der Waals surface area contributed by atoms with Gasteiger partial charge in [0.15, 0.2) is 0 Å². The lowest BCUT2D eigenvalue weighted by Crippen LogP contribution is -2.45. The standard InChI is InChI=1S/C9H20N2O3/c1-3-4-10-5-8(13)11-6-9(2,14)7-12/h10,12,14H,3-7H2,1-2H3,(H,11,13). The van der Waals surface area contributed by atoms with E-state index >= 15 is 0 Å². The number of hydrogen-bond acceptors (Lipinski definition) is 4. The third-order valence-corrected chi connectivity index (χ3v) is 1.72. The summed E-state index contributed by atoms with van der Waals surface area (Å²) >= 11 is 0. The maximum Gasteiger partial charge on any atom is 0.234 e. The summed E-state index contributed by atoms with van der Waals surface area (Å²) in [5, 5.41) is 23.5. The summed E-state index contributed by atoms with van der Waals surface area (Å²) < 4.78 is 0. The first-order chi connectivity index (χ1) is 6.52. The van der Waals surface area contributed by atoms with Crippen molar-refractivity contribution in [3.63, 3.8) is 0 Å². The normalized spacial score (nSPS) is 14.9. The van der Waals surface area contributed by atoms with Gasteiger partial charge in [-0.1, -0.05) is 6.92 Å². The highest BCUT2D eigenvalue weighted by Crippen LogP contribution is 1.97. The van der Waals surface area contributed by atoms with Crippen molar-refractivity contribution >= 4 is 5.91 Å². The van der Waals surface area contributed by atoms with E-state index in [1.165, 1.54) is 6.92 Å². The Hall–Kier alpha value is -0.650. The van der Waals surface area contributed by atoms with Gasteiger partial charge in [0.25, 0.3) is 0 Å². The van der Waals surface area contributed by atoms with Gasteiger partial charge in [-0.3, -0.25) is 4.79 Å². The van der Waals surface area contributed by atoms with E-state index in [9.17, 15) is 9.90 Å². The topological polar surface area (TPSA) is 81.6 Å². The Morgan fingerprint density at radius 2 is 2.14 bits per heavy atom. The molecule has 0 aromatic heterocycles. The van der Waals surface area contributed by atoms with Crippen LogP contribution in [-0.2, 0) is 4.79 Å². The van der Waals surface area contributed by atoms with Crippen LogP contribution in [0.1, 0.15) is 20.3 Å². The van der Waals surface area contributed by atoms with E-state index in [-0.39, 0.29) is 25.6 Å². The molecular weight excluding hydrogens is 184 g/mol. The molecule has 0 spiro atoms. The summed E-state index contributed by atoms with van der Waals surface area (Å²) in [6, 6.07) is 0. The molecular formula is C9H20N2O3. The summed E-state index contributed by atoms with van der Waals surface area (Å²) in [6.07, 6.45) is 0.974. The predicted molar refractivity (Wildman–Crippen MR) is 53.9 cm³/mol. The van der Waals surface area contributed by atoms with E-state index in [0.717, 1.165) is 13.0 Å². The lowest BCUT2D eigenvalue weighted by Gasteiger charge is -2.20. The number of amides is 1. The number of carbonyl (C=O) groups excluding carboxylic acids is 1. The highest BCUT2D eigenvalue weighted by atomic mass is 16.3. The second kappa shape index (κ2) is 6.75. The number of aliphatic hydroxyl groups excluding tert-OH is 1. The minimum Gasteiger partial charge on any atom is -0.393 e. The lowest BCUT2D eigenvalue weighted by atomic mass is 10.1. The summed E-state index contributed by atoms with van der Waals surface area (Å²) in [6.45, 7) is 4.22. The molecule has 0 bridgehead atoms. The smallest absolute Gasteiger partial charge is 0.234 e. The predicted octanol–water partition coefficient (Wildman–Crippen LogP) is -1.15. The first-order valence-corrected chi connectivity index (χ1v) is 4.82. The van der Waals surface area contributed by atoms with Crippen LogP contribution >= 0.6 is 0 Å². The molecule has 4 N–H and O–H groups in total.